The van der Waals surface area contributed by atoms with E-state index in [4.69, 9.17) is 9.47 Å². The lowest BCUT2D eigenvalue weighted by atomic mass is 10.0. The normalized spacial score (nSPS) is 20.9. The summed E-state index contributed by atoms with van der Waals surface area (Å²) >= 11 is 0. The maximum absolute atomic E-state index is 12.0. The quantitative estimate of drug-likeness (QED) is 0.591. The van der Waals surface area contributed by atoms with Crippen molar-refractivity contribution >= 4 is 0 Å². The maximum atomic E-state index is 12.0. The lowest BCUT2D eigenvalue weighted by Crippen LogP contribution is -2.31. The van der Waals surface area contributed by atoms with E-state index in [0.717, 1.165) is 51.7 Å². The van der Waals surface area contributed by atoms with Crippen LogP contribution in [-0.4, -0.2) is 44.7 Å². The molecule has 0 bridgehead atoms. The first kappa shape index (κ1) is 18.7. The molecule has 1 rings (SSSR count). The number of ether oxygens (including phenoxy) is 2. The zero-order valence-electron chi connectivity index (χ0n) is 12.9. The van der Waals surface area contributed by atoms with Gasteiger partial charge in [0.2, 0.25) is 0 Å². The lowest BCUT2D eigenvalue weighted by Gasteiger charge is -2.19. The molecule has 1 N–H and O–H groups in total. The van der Waals surface area contributed by atoms with Gasteiger partial charge in [-0.1, -0.05) is 6.92 Å². The highest BCUT2D eigenvalue weighted by Gasteiger charge is 2.27. The standard InChI is InChI=1S/C15H28F3NO2/c1-2-9-19-13(8-11-20-12-15(16,17)18)5-3-6-14-7-4-10-21-14/h13-14,19H,2-12H2,1H3. The second-order valence-corrected chi connectivity index (χ2v) is 5.67. The zero-order chi connectivity index (χ0) is 15.6. The van der Waals surface area contributed by atoms with Crippen LogP contribution < -0.4 is 5.32 Å². The van der Waals surface area contributed by atoms with Gasteiger partial charge in [-0.05, 0) is 51.5 Å². The molecule has 0 aromatic carbocycles. The predicted molar refractivity (Wildman–Crippen MR) is 76.4 cm³/mol. The van der Waals surface area contributed by atoms with Crippen molar-refractivity contribution in [3.63, 3.8) is 0 Å². The van der Waals surface area contributed by atoms with Gasteiger partial charge in [-0.3, -0.25) is 0 Å². The first-order chi connectivity index (χ1) is 10.0. The van der Waals surface area contributed by atoms with Crippen molar-refractivity contribution in [2.24, 2.45) is 0 Å². The Morgan fingerprint density at radius 2 is 2.14 bits per heavy atom. The molecule has 0 spiro atoms. The Kier molecular flexibility index (Phi) is 9.27. The number of hydrogen-bond acceptors (Lipinski definition) is 3. The Morgan fingerprint density at radius 3 is 2.76 bits per heavy atom. The van der Waals surface area contributed by atoms with Crippen molar-refractivity contribution < 1.29 is 22.6 Å². The average molecular weight is 311 g/mol. The molecular formula is C15H28F3NO2. The highest BCUT2D eigenvalue weighted by Crippen LogP contribution is 2.19. The largest absolute Gasteiger partial charge is 0.411 e. The monoisotopic (exact) mass is 311 g/mol. The minimum Gasteiger partial charge on any atom is -0.378 e. The van der Waals surface area contributed by atoms with Crippen LogP contribution >= 0.6 is 0 Å². The Bertz CT molecular complexity index is 256. The summed E-state index contributed by atoms with van der Waals surface area (Å²) in [5, 5.41) is 3.39. The first-order valence-corrected chi connectivity index (χ1v) is 8.00. The van der Waals surface area contributed by atoms with Gasteiger partial charge >= 0.3 is 6.18 Å². The third-order valence-electron chi connectivity index (χ3n) is 3.66. The van der Waals surface area contributed by atoms with E-state index in [9.17, 15) is 13.2 Å². The molecule has 1 aliphatic rings. The van der Waals surface area contributed by atoms with Crippen LogP contribution in [0.2, 0.25) is 0 Å². The fraction of sp³-hybridized carbons (Fsp3) is 1.00. The van der Waals surface area contributed by atoms with Crippen LogP contribution in [0.1, 0.15) is 51.9 Å². The van der Waals surface area contributed by atoms with Gasteiger partial charge in [0.15, 0.2) is 0 Å². The van der Waals surface area contributed by atoms with Gasteiger partial charge in [-0.25, -0.2) is 0 Å². The van der Waals surface area contributed by atoms with E-state index in [0.29, 0.717) is 12.5 Å². The van der Waals surface area contributed by atoms with Crippen LogP contribution in [-0.2, 0) is 9.47 Å². The summed E-state index contributed by atoms with van der Waals surface area (Å²) in [5.41, 5.74) is 0. The Morgan fingerprint density at radius 1 is 1.33 bits per heavy atom. The number of halogens is 3. The third kappa shape index (κ3) is 10.1. The van der Waals surface area contributed by atoms with Gasteiger partial charge < -0.3 is 14.8 Å². The number of rotatable bonds is 11. The molecule has 2 unspecified atom stereocenters. The molecule has 0 aromatic heterocycles. The molecule has 0 radical (unpaired) electrons. The fourth-order valence-electron chi connectivity index (χ4n) is 2.57. The zero-order valence-corrected chi connectivity index (χ0v) is 12.9. The molecule has 1 fully saturated rings. The minimum atomic E-state index is -4.23. The van der Waals surface area contributed by atoms with Gasteiger partial charge in [0.05, 0.1) is 6.10 Å². The highest BCUT2D eigenvalue weighted by atomic mass is 19.4. The Balaban J connectivity index is 2.13. The second kappa shape index (κ2) is 10.4. The fourth-order valence-corrected chi connectivity index (χ4v) is 2.57. The number of alkyl halides is 3. The topological polar surface area (TPSA) is 30.5 Å². The second-order valence-electron chi connectivity index (χ2n) is 5.67. The van der Waals surface area contributed by atoms with E-state index in [1.165, 1.54) is 0 Å². The number of hydrogen-bond donors (Lipinski definition) is 1. The molecule has 1 aliphatic heterocycles. The van der Waals surface area contributed by atoms with E-state index in [1.807, 2.05) is 0 Å². The molecule has 126 valence electrons. The molecule has 6 heteroatoms. The molecule has 0 amide bonds. The van der Waals surface area contributed by atoms with Crippen LogP contribution in [0.3, 0.4) is 0 Å². The van der Waals surface area contributed by atoms with Gasteiger partial charge in [0.25, 0.3) is 0 Å². The third-order valence-corrected chi connectivity index (χ3v) is 3.66. The molecule has 1 saturated heterocycles. The SMILES string of the molecule is CCCNC(CCCC1CCCO1)CCOCC(F)(F)F. The van der Waals surface area contributed by atoms with Gasteiger partial charge in [-0.15, -0.1) is 0 Å². The van der Waals surface area contributed by atoms with Crippen LogP contribution in [0.5, 0.6) is 0 Å². The van der Waals surface area contributed by atoms with Gasteiger partial charge in [0.1, 0.15) is 6.61 Å². The van der Waals surface area contributed by atoms with E-state index < -0.39 is 12.8 Å². The summed E-state index contributed by atoms with van der Waals surface area (Å²) in [7, 11) is 0. The smallest absolute Gasteiger partial charge is 0.378 e. The summed E-state index contributed by atoms with van der Waals surface area (Å²) < 4.78 is 46.3. The minimum absolute atomic E-state index is 0.154. The Labute approximate surface area is 125 Å². The van der Waals surface area contributed by atoms with Crippen molar-refractivity contribution in [1.29, 1.82) is 0 Å². The van der Waals surface area contributed by atoms with Crippen molar-refractivity contribution in [2.45, 2.75) is 70.2 Å². The first-order valence-electron chi connectivity index (χ1n) is 8.00. The van der Waals surface area contributed by atoms with Crippen LogP contribution in [0.4, 0.5) is 13.2 Å². The predicted octanol–water partition coefficient (Wildman–Crippen LogP) is 3.67. The van der Waals surface area contributed by atoms with E-state index in [1.54, 1.807) is 0 Å². The number of nitrogens with one attached hydrogen (secondary N) is 1. The van der Waals surface area contributed by atoms with Crippen LogP contribution in [0, 0.1) is 0 Å². The summed E-state index contributed by atoms with van der Waals surface area (Å²) in [6.07, 6.45) is 3.15. The van der Waals surface area contributed by atoms with Crippen molar-refractivity contribution in [3.05, 3.63) is 0 Å². The van der Waals surface area contributed by atoms with Crippen molar-refractivity contribution in [2.75, 3.05) is 26.4 Å². The molecule has 3 nitrogen and oxygen atoms in total. The van der Waals surface area contributed by atoms with Crippen molar-refractivity contribution in [1.82, 2.24) is 5.32 Å². The van der Waals surface area contributed by atoms with Crippen molar-refractivity contribution in [3.8, 4) is 0 Å². The van der Waals surface area contributed by atoms with Crippen LogP contribution in [0.15, 0.2) is 0 Å². The lowest BCUT2D eigenvalue weighted by molar-refractivity contribution is -0.174. The molecular weight excluding hydrogens is 283 g/mol. The maximum Gasteiger partial charge on any atom is 0.411 e. The van der Waals surface area contributed by atoms with E-state index in [2.05, 4.69) is 12.2 Å². The molecule has 0 aliphatic carbocycles. The molecule has 1 heterocycles. The summed E-state index contributed by atoms with van der Waals surface area (Å²) in [5.74, 6) is 0. The highest BCUT2D eigenvalue weighted by molar-refractivity contribution is 4.70. The van der Waals surface area contributed by atoms with Gasteiger partial charge in [0, 0.05) is 19.3 Å². The summed E-state index contributed by atoms with van der Waals surface area (Å²) in [4.78, 5) is 0. The Hall–Kier alpha value is -0.330. The molecule has 21 heavy (non-hydrogen) atoms. The summed E-state index contributed by atoms with van der Waals surface area (Å²) in [6.45, 7) is 2.85. The average Bonchev–Trinajstić information content (AvgIpc) is 2.92. The molecule has 0 aromatic rings. The molecule has 2 atom stereocenters. The van der Waals surface area contributed by atoms with Crippen LogP contribution in [0.25, 0.3) is 0 Å². The molecule has 0 saturated carbocycles. The van der Waals surface area contributed by atoms with Gasteiger partial charge in [-0.2, -0.15) is 13.2 Å². The van der Waals surface area contributed by atoms with E-state index in [-0.39, 0.29) is 12.6 Å². The van der Waals surface area contributed by atoms with E-state index >= 15 is 0 Å². The summed E-state index contributed by atoms with van der Waals surface area (Å²) in [6, 6.07) is 0.236.